The van der Waals surface area contributed by atoms with Gasteiger partial charge in [-0.1, -0.05) is 12.8 Å². The molecular formula is C27H48B2N2O4. The van der Waals surface area contributed by atoms with E-state index in [1.807, 2.05) is 0 Å². The standard InChI is InChI=1S/C27H48B2N2O4/c1-24(2)25(3,4)33-28(32-24)29(34-26(5,6)27(7,8)35-29)23-30(21-15-11-9-12-16-21)19-20-31(23)22-17-13-10-14-18-22/h19-22H,9-18H2,1-8H3. The molecule has 6 nitrogen and oxygen atoms in total. The number of aromatic nitrogens is 2. The quantitative estimate of drug-likeness (QED) is 0.433. The van der Waals surface area contributed by atoms with Crippen LogP contribution in [0.15, 0.2) is 12.4 Å². The Morgan fingerprint density at radius 3 is 1.74 bits per heavy atom. The second-order valence-electron chi connectivity index (χ2n) is 13.7. The Kier molecular flexibility index (Phi) is 6.35. The summed E-state index contributed by atoms with van der Waals surface area (Å²) in [7, 11) is -0.604. The lowest BCUT2D eigenvalue weighted by atomic mass is 9.27. The minimum atomic E-state index is -2.10. The summed E-state index contributed by atoms with van der Waals surface area (Å²) in [4.78, 5) is 0. The van der Waals surface area contributed by atoms with Crippen molar-refractivity contribution in [2.75, 3.05) is 0 Å². The Balaban J connectivity index is 1.70. The van der Waals surface area contributed by atoms with E-state index in [-0.39, 0.29) is 0 Å². The van der Waals surface area contributed by atoms with Crippen LogP contribution in [0.1, 0.15) is 132 Å². The Labute approximate surface area is 213 Å². The second kappa shape index (κ2) is 8.61. The van der Waals surface area contributed by atoms with Gasteiger partial charge in [0.1, 0.15) is 18.1 Å². The molecule has 0 spiro atoms. The average Bonchev–Trinajstić information content (AvgIpc) is 3.38. The molecule has 2 aliphatic heterocycles. The predicted molar refractivity (Wildman–Crippen MR) is 141 cm³/mol. The summed E-state index contributed by atoms with van der Waals surface area (Å²) in [6.45, 7) is 17.1. The highest BCUT2D eigenvalue weighted by Gasteiger charge is 2.68. The maximum atomic E-state index is 7.18. The molecule has 2 saturated heterocycles. The van der Waals surface area contributed by atoms with Crippen molar-refractivity contribution in [3.63, 3.8) is 0 Å². The van der Waals surface area contributed by atoms with Gasteiger partial charge in [-0.15, -0.1) is 0 Å². The molecule has 35 heavy (non-hydrogen) atoms. The third-order valence-corrected chi connectivity index (χ3v) is 10.2. The molecule has 1 aromatic rings. The van der Waals surface area contributed by atoms with Gasteiger partial charge in [-0.05, 0) is 107 Å². The van der Waals surface area contributed by atoms with Gasteiger partial charge in [0.25, 0.3) is 0 Å². The number of rotatable bonds is 4. The van der Waals surface area contributed by atoms with Crippen molar-refractivity contribution in [1.82, 2.24) is 4.57 Å². The van der Waals surface area contributed by atoms with Crippen LogP contribution >= 0.6 is 0 Å². The topological polar surface area (TPSA) is 45.7 Å². The zero-order valence-corrected chi connectivity index (χ0v) is 23.6. The van der Waals surface area contributed by atoms with Crippen molar-refractivity contribution < 1.29 is 23.2 Å². The Bertz CT molecular complexity index is 862. The minimum Gasteiger partial charge on any atom is -0.555 e. The van der Waals surface area contributed by atoms with Crippen molar-refractivity contribution in [1.29, 1.82) is 0 Å². The fourth-order valence-corrected chi connectivity index (χ4v) is 6.77. The number of nitrogens with zero attached hydrogens (tertiary/aromatic N) is 2. The fraction of sp³-hybridized carbons (Fsp3) is 0.889. The van der Waals surface area contributed by atoms with Gasteiger partial charge in [-0.3, -0.25) is 9.13 Å². The highest BCUT2D eigenvalue weighted by molar-refractivity contribution is 7.28. The largest absolute Gasteiger partial charge is 0.555 e. The first-order chi connectivity index (χ1) is 16.3. The third kappa shape index (κ3) is 4.15. The van der Waals surface area contributed by atoms with Gasteiger partial charge in [0.15, 0.2) is 0 Å². The Morgan fingerprint density at radius 1 is 0.743 bits per heavy atom. The summed E-state index contributed by atoms with van der Waals surface area (Å²) in [6, 6.07) is 0.924. The van der Waals surface area contributed by atoms with Crippen LogP contribution in [0.25, 0.3) is 0 Å². The van der Waals surface area contributed by atoms with Crippen molar-refractivity contribution >= 4 is 19.2 Å². The lowest BCUT2D eigenvalue weighted by Gasteiger charge is -2.39. The normalized spacial score (nSPS) is 30.1. The molecule has 0 atom stereocenters. The van der Waals surface area contributed by atoms with E-state index in [0.717, 1.165) is 5.72 Å². The van der Waals surface area contributed by atoms with Crippen molar-refractivity contribution in [2.45, 2.75) is 154 Å². The molecule has 0 aromatic carbocycles. The molecule has 8 heteroatoms. The van der Waals surface area contributed by atoms with Crippen LogP contribution in [0.2, 0.25) is 0 Å². The first-order valence-corrected chi connectivity index (χ1v) is 14.3. The lowest BCUT2D eigenvalue weighted by Crippen LogP contribution is -2.76. The van der Waals surface area contributed by atoms with Gasteiger partial charge < -0.3 is 18.6 Å². The number of imidazole rings is 1. The molecule has 5 rings (SSSR count). The summed E-state index contributed by atoms with van der Waals surface area (Å²) >= 11 is 0. The van der Waals surface area contributed by atoms with Crippen LogP contribution in [0, 0.1) is 0 Å². The highest BCUT2D eigenvalue weighted by Crippen LogP contribution is 2.47. The second-order valence-corrected chi connectivity index (χ2v) is 13.7. The monoisotopic (exact) mass is 486 g/mol. The lowest BCUT2D eigenvalue weighted by molar-refractivity contribution is -0.710. The third-order valence-electron chi connectivity index (χ3n) is 10.2. The van der Waals surface area contributed by atoms with E-state index in [0.29, 0.717) is 12.1 Å². The Morgan fingerprint density at radius 2 is 1.23 bits per heavy atom. The molecule has 4 aliphatic rings. The summed E-state index contributed by atoms with van der Waals surface area (Å²) in [5.41, 5.74) is -0.784. The van der Waals surface area contributed by atoms with Gasteiger partial charge in [0.05, 0.1) is 23.3 Å². The summed E-state index contributed by atoms with van der Waals surface area (Å²) in [5.74, 6) is 0. The van der Waals surface area contributed by atoms with Gasteiger partial charge in [0, 0.05) is 11.2 Å². The van der Waals surface area contributed by atoms with E-state index in [1.54, 1.807) is 0 Å². The van der Waals surface area contributed by atoms with Gasteiger partial charge in [-0.25, -0.2) is 0 Å². The molecule has 0 radical (unpaired) electrons. The first kappa shape index (κ1) is 25.8. The van der Waals surface area contributed by atoms with Crippen LogP contribution in [-0.4, -0.2) is 40.4 Å². The molecule has 0 bridgehead atoms. The first-order valence-electron chi connectivity index (χ1n) is 14.3. The maximum Gasteiger partial charge on any atom is 0.390 e. The van der Waals surface area contributed by atoms with Crippen LogP contribution in [0.4, 0.5) is 0 Å². The number of hydrogen-bond donors (Lipinski definition) is 0. The van der Waals surface area contributed by atoms with E-state index in [1.165, 1.54) is 64.2 Å². The Hall–Kier alpha value is -0.820. The molecule has 1 aromatic heterocycles. The molecule has 0 unspecified atom stereocenters. The van der Waals surface area contributed by atoms with Crippen molar-refractivity contribution in [2.24, 2.45) is 0 Å². The maximum absolute atomic E-state index is 7.18. The zero-order valence-electron chi connectivity index (χ0n) is 23.6. The van der Waals surface area contributed by atoms with E-state index in [9.17, 15) is 0 Å². The summed E-state index contributed by atoms with van der Waals surface area (Å²) in [6.07, 6.45) is 15.1. The van der Waals surface area contributed by atoms with Gasteiger partial charge in [-0.2, -0.15) is 0 Å². The molecule has 3 heterocycles. The van der Waals surface area contributed by atoms with E-state index >= 15 is 0 Å². The molecule has 196 valence electrons. The zero-order chi connectivity index (χ0) is 25.3. The predicted octanol–water partition coefficient (Wildman–Crippen LogP) is 5.21. The van der Waals surface area contributed by atoms with Crippen LogP contribution in [-0.2, 0) is 18.6 Å². The van der Waals surface area contributed by atoms with Crippen molar-refractivity contribution in [3.05, 3.63) is 12.4 Å². The SMILES string of the molecule is CC1(C)OB([B-]2(c3n(C4CCCCC4)cc[n+]3C3CCCCC3)OC(C)(C)C(C)(C)O2)OC1(C)C. The van der Waals surface area contributed by atoms with Crippen LogP contribution < -0.4 is 10.3 Å². The van der Waals surface area contributed by atoms with Crippen LogP contribution in [0.5, 0.6) is 0 Å². The van der Waals surface area contributed by atoms with Gasteiger partial charge in [0.2, 0.25) is 0 Å². The summed E-state index contributed by atoms with van der Waals surface area (Å²) < 4.78 is 32.9. The average molecular weight is 486 g/mol. The molecule has 0 N–H and O–H groups in total. The smallest absolute Gasteiger partial charge is 0.390 e. The molecule has 2 saturated carbocycles. The molecule has 4 fully saturated rings. The highest BCUT2D eigenvalue weighted by atomic mass is 16.7. The van der Waals surface area contributed by atoms with E-state index in [4.69, 9.17) is 18.6 Å². The van der Waals surface area contributed by atoms with E-state index < -0.39 is 35.9 Å². The molecular weight excluding hydrogens is 438 g/mol. The number of hydrogen-bond acceptors (Lipinski definition) is 4. The molecule has 2 aliphatic carbocycles. The summed E-state index contributed by atoms with van der Waals surface area (Å²) in [5, 5.41) is 0. The van der Waals surface area contributed by atoms with E-state index in [2.05, 4.69) is 76.9 Å². The minimum absolute atomic E-state index is 0.462. The van der Waals surface area contributed by atoms with Crippen LogP contribution in [0.3, 0.4) is 0 Å². The molecule has 0 amide bonds. The fourth-order valence-electron chi connectivity index (χ4n) is 6.77. The van der Waals surface area contributed by atoms with Crippen molar-refractivity contribution in [3.8, 4) is 0 Å². The van der Waals surface area contributed by atoms with Gasteiger partial charge >= 0.3 is 13.5 Å².